The van der Waals surface area contributed by atoms with Crippen LogP contribution in [0.5, 0.6) is 0 Å². The van der Waals surface area contributed by atoms with Gasteiger partial charge < -0.3 is 4.42 Å². The summed E-state index contributed by atoms with van der Waals surface area (Å²) in [6, 6.07) is 58.5. The standard InChI is InChI=1S/C58H46N2O/c1-4-16-37(17-5-1)56-59-53(55-54(60-56)45-23-7-9-25-52(45)61-55)42-21-15-20-40(33-42)38-18-14-19-39(32-38)41-26-27-44-47-36-50-46(35-51(47)58(49(44)34-41)30-12-3-13-31-58)43-22-6-8-24-48(43)57(50)28-10-2-11-29-57/h1,4-9,14-27,32-36H,2-3,10-13,28-31H2. The third-order valence-electron chi connectivity index (χ3n) is 15.1. The van der Waals surface area contributed by atoms with Crippen LogP contribution in [0, 0.1) is 0 Å². The molecule has 3 heteroatoms. The molecular weight excluding hydrogens is 741 g/mol. The number of hydrogen-bond donors (Lipinski definition) is 0. The summed E-state index contributed by atoms with van der Waals surface area (Å²) in [5, 5.41) is 0.997. The van der Waals surface area contributed by atoms with E-state index in [1.165, 1.54) is 103 Å². The minimum Gasteiger partial charge on any atom is -0.452 e. The van der Waals surface area contributed by atoms with Crippen molar-refractivity contribution in [1.29, 1.82) is 0 Å². The molecule has 7 aromatic carbocycles. The van der Waals surface area contributed by atoms with Crippen LogP contribution >= 0.6 is 0 Å². The highest BCUT2D eigenvalue weighted by atomic mass is 16.3. The lowest BCUT2D eigenvalue weighted by Crippen LogP contribution is -2.29. The Labute approximate surface area is 357 Å². The van der Waals surface area contributed by atoms with Crippen molar-refractivity contribution in [2.45, 2.75) is 75.0 Å². The molecule has 2 fully saturated rings. The van der Waals surface area contributed by atoms with Crippen LogP contribution in [0.25, 0.3) is 89.2 Å². The Morgan fingerprint density at radius 2 is 0.918 bits per heavy atom. The van der Waals surface area contributed by atoms with E-state index < -0.39 is 0 Å². The third kappa shape index (κ3) is 5.22. The maximum Gasteiger partial charge on any atom is 0.180 e. The lowest BCUT2D eigenvalue weighted by Gasteiger charge is -2.37. The van der Waals surface area contributed by atoms with Crippen LogP contribution in [-0.2, 0) is 10.8 Å². The van der Waals surface area contributed by atoms with Gasteiger partial charge in [0.15, 0.2) is 11.4 Å². The van der Waals surface area contributed by atoms with Crippen LogP contribution in [0.1, 0.15) is 86.5 Å². The first-order chi connectivity index (χ1) is 30.2. The number of furan rings is 1. The van der Waals surface area contributed by atoms with Crippen molar-refractivity contribution in [3.05, 3.63) is 180 Å². The maximum absolute atomic E-state index is 6.50. The molecule has 61 heavy (non-hydrogen) atoms. The van der Waals surface area contributed by atoms with E-state index in [4.69, 9.17) is 14.4 Å². The Hall–Kier alpha value is -6.58. The van der Waals surface area contributed by atoms with Gasteiger partial charge in [0.2, 0.25) is 0 Å². The largest absolute Gasteiger partial charge is 0.452 e. The molecule has 2 heterocycles. The molecule has 2 aromatic heterocycles. The average Bonchev–Trinajstić information content (AvgIpc) is 3.93. The first-order valence-electron chi connectivity index (χ1n) is 22.6. The smallest absolute Gasteiger partial charge is 0.180 e. The average molecular weight is 787 g/mol. The molecule has 0 amide bonds. The van der Waals surface area contributed by atoms with Gasteiger partial charge >= 0.3 is 0 Å². The van der Waals surface area contributed by atoms with E-state index in [1.807, 2.05) is 36.4 Å². The van der Waals surface area contributed by atoms with Crippen molar-refractivity contribution in [1.82, 2.24) is 9.97 Å². The van der Waals surface area contributed by atoms with E-state index in [1.54, 1.807) is 22.3 Å². The molecule has 13 rings (SSSR count). The van der Waals surface area contributed by atoms with Gasteiger partial charge in [-0.25, -0.2) is 9.97 Å². The van der Waals surface area contributed by atoms with Crippen molar-refractivity contribution in [3.63, 3.8) is 0 Å². The van der Waals surface area contributed by atoms with Gasteiger partial charge in [0.1, 0.15) is 16.8 Å². The van der Waals surface area contributed by atoms with Crippen molar-refractivity contribution in [3.8, 4) is 67.2 Å². The van der Waals surface area contributed by atoms with Crippen LogP contribution in [0.15, 0.2) is 162 Å². The Morgan fingerprint density at radius 1 is 0.377 bits per heavy atom. The molecule has 9 aromatic rings. The van der Waals surface area contributed by atoms with E-state index in [2.05, 4.69) is 121 Å². The molecule has 0 atom stereocenters. The molecule has 3 nitrogen and oxygen atoms in total. The lowest BCUT2D eigenvalue weighted by molar-refractivity contribution is 0.350. The Kier molecular flexibility index (Phi) is 7.77. The number of benzene rings is 7. The number of rotatable bonds is 4. The second-order valence-electron chi connectivity index (χ2n) is 18.2. The number of nitrogens with zero attached hydrogens (tertiary/aromatic N) is 2. The predicted molar refractivity (Wildman–Crippen MR) is 250 cm³/mol. The monoisotopic (exact) mass is 786 g/mol. The third-order valence-corrected chi connectivity index (χ3v) is 15.1. The van der Waals surface area contributed by atoms with Crippen molar-refractivity contribution < 1.29 is 4.42 Å². The molecule has 2 saturated carbocycles. The van der Waals surface area contributed by atoms with Gasteiger partial charge in [0.05, 0.1) is 0 Å². The summed E-state index contributed by atoms with van der Waals surface area (Å²) in [5.41, 5.74) is 22.6. The van der Waals surface area contributed by atoms with E-state index in [0.29, 0.717) is 11.4 Å². The van der Waals surface area contributed by atoms with E-state index in [-0.39, 0.29) is 10.8 Å². The number of aromatic nitrogens is 2. The summed E-state index contributed by atoms with van der Waals surface area (Å²) < 4.78 is 6.50. The molecule has 0 unspecified atom stereocenters. The molecular formula is C58H46N2O. The predicted octanol–water partition coefficient (Wildman–Crippen LogP) is 15.5. The van der Waals surface area contributed by atoms with Crippen molar-refractivity contribution in [2.75, 3.05) is 0 Å². The second-order valence-corrected chi connectivity index (χ2v) is 18.2. The first-order valence-corrected chi connectivity index (χ1v) is 22.6. The Balaban J connectivity index is 0.911. The summed E-state index contributed by atoms with van der Waals surface area (Å²) >= 11 is 0. The molecule has 4 aliphatic rings. The van der Waals surface area contributed by atoms with Gasteiger partial charge in [-0.05, 0) is 135 Å². The van der Waals surface area contributed by atoms with Gasteiger partial charge in [-0.15, -0.1) is 0 Å². The minimum atomic E-state index is 0.0648. The van der Waals surface area contributed by atoms with E-state index >= 15 is 0 Å². The van der Waals surface area contributed by atoms with Gasteiger partial charge in [-0.2, -0.15) is 0 Å². The van der Waals surface area contributed by atoms with Crippen LogP contribution in [-0.4, -0.2) is 9.97 Å². The Morgan fingerprint density at radius 3 is 1.64 bits per heavy atom. The van der Waals surface area contributed by atoms with Crippen LogP contribution < -0.4 is 0 Å². The van der Waals surface area contributed by atoms with Crippen LogP contribution in [0.2, 0.25) is 0 Å². The minimum absolute atomic E-state index is 0.0648. The summed E-state index contributed by atoms with van der Waals surface area (Å²) in [5.74, 6) is 0.694. The van der Waals surface area contributed by atoms with Crippen molar-refractivity contribution >= 4 is 22.1 Å². The summed E-state index contributed by atoms with van der Waals surface area (Å²) in [4.78, 5) is 10.2. The topological polar surface area (TPSA) is 38.9 Å². The highest BCUT2D eigenvalue weighted by molar-refractivity contribution is 6.07. The number of fused-ring (bicyclic) bond motifs is 13. The normalized spacial score (nSPS) is 16.8. The number of para-hydroxylation sites is 1. The fourth-order valence-corrected chi connectivity index (χ4v) is 12.2. The summed E-state index contributed by atoms with van der Waals surface area (Å²) in [6.07, 6.45) is 12.9. The highest BCUT2D eigenvalue weighted by Crippen LogP contribution is 2.62. The van der Waals surface area contributed by atoms with Gasteiger partial charge in [-0.3, -0.25) is 0 Å². The van der Waals surface area contributed by atoms with Gasteiger partial charge in [-0.1, -0.05) is 154 Å². The van der Waals surface area contributed by atoms with Gasteiger partial charge in [0.25, 0.3) is 0 Å². The Bertz CT molecular complexity index is 3210. The second kappa shape index (κ2) is 13.5. The molecule has 2 spiro atoms. The zero-order chi connectivity index (χ0) is 40.1. The molecule has 0 bridgehead atoms. The quantitative estimate of drug-likeness (QED) is 0.178. The summed E-state index contributed by atoms with van der Waals surface area (Å²) in [6.45, 7) is 0. The number of hydrogen-bond acceptors (Lipinski definition) is 3. The fourth-order valence-electron chi connectivity index (χ4n) is 12.2. The van der Waals surface area contributed by atoms with E-state index in [9.17, 15) is 0 Å². The maximum atomic E-state index is 6.50. The van der Waals surface area contributed by atoms with Crippen LogP contribution in [0.3, 0.4) is 0 Å². The van der Waals surface area contributed by atoms with Crippen molar-refractivity contribution in [2.24, 2.45) is 0 Å². The fraction of sp³-hybridized carbons (Fsp3) is 0.207. The zero-order valence-electron chi connectivity index (χ0n) is 34.4. The summed E-state index contributed by atoms with van der Waals surface area (Å²) in [7, 11) is 0. The SMILES string of the molecule is c1ccc(-c2nc(-c3cccc(-c4cccc(-c5ccc6c(c5)C5(CCCCC5)c5cc7c(cc5-6)C5(CCCCC5)c5ccccc5-7)c4)c3)c3oc4ccccc4c3n2)cc1. The highest BCUT2D eigenvalue weighted by Gasteiger charge is 2.49. The zero-order valence-corrected chi connectivity index (χ0v) is 34.4. The van der Waals surface area contributed by atoms with Crippen LogP contribution in [0.4, 0.5) is 0 Å². The molecule has 0 saturated heterocycles. The molecule has 0 radical (unpaired) electrons. The van der Waals surface area contributed by atoms with E-state index in [0.717, 1.165) is 38.9 Å². The molecule has 4 aliphatic carbocycles. The molecule has 0 N–H and O–H groups in total. The van der Waals surface area contributed by atoms with Gasteiger partial charge in [0, 0.05) is 27.3 Å². The first kappa shape index (κ1) is 35.2. The molecule has 0 aliphatic heterocycles. The lowest BCUT2D eigenvalue weighted by atomic mass is 9.66. The molecule has 294 valence electrons.